The fraction of sp³-hybridized carbons (Fsp3) is 0.278. The lowest BCUT2D eigenvalue weighted by molar-refractivity contribution is -0.121. The van der Waals surface area contributed by atoms with Gasteiger partial charge in [0.15, 0.2) is 0 Å². The van der Waals surface area contributed by atoms with Crippen LogP contribution in [0, 0.1) is 5.82 Å². The van der Waals surface area contributed by atoms with E-state index in [0.29, 0.717) is 18.4 Å². The quantitative estimate of drug-likeness (QED) is 0.889. The highest BCUT2D eigenvalue weighted by molar-refractivity contribution is 5.76. The van der Waals surface area contributed by atoms with Gasteiger partial charge >= 0.3 is 0 Å². The van der Waals surface area contributed by atoms with Crippen molar-refractivity contribution >= 4 is 11.6 Å². The summed E-state index contributed by atoms with van der Waals surface area (Å²) in [7, 11) is 3.98. The van der Waals surface area contributed by atoms with E-state index in [9.17, 15) is 9.18 Å². The van der Waals surface area contributed by atoms with Crippen LogP contribution in [0.15, 0.2) is 48.5 Å². The van der Waals surface area contributed by atoms with Crippen LogP contribution in [0.4, 0.5) is 10.1 Å². The van der Waals surface area contributed by atoms with Crippen molar-refractivity contribution in [3.05, 3.63) is 65.5 Å². The molecule has 2 aromatic carbocycles. The van der Waals surface area contributed by atoms with Crippen LogP contribution in [0.3, 0.4) is 0 Å². The van der Waals surface area contributed by atoms with E-state index >= 15 is 0 Å². The molecule has 22 heavy (non-hydrogen) atoms. The third-order valence-corrected chi connectivity index (χ3v) is 3.53. The van der Waals surface area contributed by atoms with Crippen molar-refractivity contribution in [3.63, 3.8) is 0 Å². The fourth-order valence-electron chi connectivity index (χ4n) is 2.14. The number of hydrogen-bond donors (Lipinski definition) is 1. The molecular formula is C18H21FN2O. The Kier molecular flexibility index (Phi) is 5.53. The minimum Gasteiger partial charge on any atom is -0.378 e. The Hall–Kier alpha value is -2.36. The first kappa shape index (κ1) is 16.0. The number of carbonyl (C=O) groups is 1. The van der Waals surface area contributed by atoms with E-state index in [4.69, 9.17) is 0 Å². The summed E-state index contributed by atoms with van der Waals surface area (Å²) in [4.78, 5) is 13.9. The monoisotopic (exact) mass is 300 g/mol. The summed E-state index contributed by atoms with van der Waals surface area (Å²) in [5.74, 6) is -0.359. The van der Waals surface area contributed by atoms with E-state index < -0.39 is 0 Å². The SMILES string of the molecule is CN(C)c1ccc(CCC(=O)NCc2ccccc2F)cc1. The highest BCUT2D eigenvalue weighted by Crippen LogP contribution is 2.13. The number of halogens is 1. The summed E-state index contributed by atoms with van der Waals surface area (Å²) >= 11 is 0. The smallest absolute Gasteiger partial charge is 0.220 e. The third kappa shape index (κ3) is 4.58. The van der Waals surface area contributed by atoms with Crippen LogP contribution in [0.2, 0.25) is 0 Å². The molecule has 0 bridgehead atoms. The number of benzene rings is 2. The highest BCUT2D eigenvalue weighted by Gasteiger charge is 2.05. The molecule has 1 amide bonds. The number of aryl methyl sites for hydroxylation is 1. The van der Waals surface area contributed by atoms with Gasteiger partial charge in [-0.25, -0.2) is 4.39 Å². The van der Waals surface area contributed by atoms with Gasteiger partial charge in [0, 0.05) is 38.3 Å². The summed E-state index contributed by atoms with van der Waals surface area (Å²) in [5, 5.41) is 2.75. The van der Waals surface area contributed by atoms with Gasteiger partial charge in [-0.15, -0.1) is 0 Å². The van der Waals surface area contributed by atoms with Crippen molar-refractivity contribution in [2.24, 2.45) is 0 Å². The second-order valence-corrected chi connectivity index (χ2v) is 5.43. The Balaban J connectivity index is 1.79. The second kappa shape index (κ2) is 7.59. The van der Waals surface area contributed by atoms with Gasteiger partial charge in [0.25, 0.3) is 0 Å². The summed E-state index contributed by atoms with van der Waals surface area (Å²) in [6.07, 6.45) is 1.08. The molecule has 0 unspecified atom stereocenters. The fourth-order valence-corrected chi connectivity index (χ4v) is 2.14. The zero-order valence-corrected chi connectivity index (χ0v) is 13.0. The van der Waals surface area contributed by atoms with Gasteiger partial charge in [-0.3, -0.25) is 4.79 Å². The topological polar surface area (TPSA) is 32.3 Å². The average molecular weight is 300 g/mol. The molecule has 4 heteroatoms. The molecule has 0 atom stereocenters. The standard InChI is InChI=1S/C18H21FN2O/c1-21(2)16-10-7-14(8-11-16)9-12-18(22)20-13-15-5-3-4-6-17(15)19/h3-8,10-11H,9,12-13H2,1-2H3,(H,20,22). The Bertz CT molecular complexity index is 623. The van der Waals surface area contributed by atoms with Crippen LogP contribution in [0.5, 0.6) is 0 Å². The van der Waals surface area contributed by atoms with E-state index in [1.807, 2.05) is 43.3 Å². The molecule has 0 aliphatic carbocycles. The molecule has 1 N–H and O–H groups in total. The second-order valence-electron chi connectivity index (χ2n) is 5.43. The molecule has 116 valence electrons. The van der Waals surface area contributed by atoms with Gasteiger partial charge in [0.1, 0.15) is 5.82 Å². The van der Waals surface area contributed by atoms with E-state index in [-0.39, 0.29) is 18.3 Å². The van der Waals surface area contributed by atoms with Gasteiger partial charge in [-0.05, 0) is 30.2 Å². The molecule has 0 radical (unpaired) electrons. The maximum absolute atomic E-state index is 13.4. The molecule has 0 spiro atoms. The molecule has 0 aromatic heterocycles. The molecule has 2 rings (SSSR count). The molecule has 0 fully saturated rings. The maximum atomic E-state index is 13.4. The van der Waals surface area contributed by atoms with E-state index in [2.05, 4.69) is 5.32 Å². The molecule has 2 aromatic rings. The number of nitrogens with one attached hydrogen (secondary N) is 1. The van der Waals surface area contributed by atoms with Crippen molar-refractivity contribution < 1.29 is 9.18 Å². The van der Waals surface area contributed by atoms with Crippen LogP contribution in [-0.2, 0) is 17.8 Å². The lowest BCUT2D eigenvalue weighted by Gasteiger charge is -2.12. The molecule has 0 saturated heterocycles. The lowest BCUT2D eigenvalue weighted by Crippen LogP contribution is -2.23. The molecule has 3 nitrogen and oxygen atoms in total. The van der Waals surface area contributed by atoms with Gasteiger partial charge < -0.3 is 10.2 Å². The van der Waals surface area contributed by atoms with Crippen LogP contribution in [-0.4, -0.2) is 20.0 Å². The first-order valence-corrected chi connectivity index (χ1v) is 7.32. The van der Waals surface area contributed by atoms with Crippen LogP contribution in [0.1, 0.15) is 17.5 Å². The van der Waals surface area contributed by atoms with Crippen molar-refractivity contribution in [1.29, 1.82) is 0 Å². The predicted octanol–water partition coefficient (Wildman–Crippen LogP) is 3.14. The Morgan fingerprint density at radius 3 is 2.41 bits per heavy atom. The first-order valence-electron chi connectivity index (χ1n) is 7.32. The van der Waals surface area contributed by atoms with E-state index in [1.54, 1.807) is 18.2 Å². The van der Waals surface area contributed by atoms with Crippen molar-refractivity contribution in [2.45, 2.75) is 19.4 Å². The van der Waals surface area contributed by atoms with Crippen molar-refractivity contribution in [3.8, 4) is 0 Å². The normalized spacial score (nSPS) is 10.3. The van der Waals surface area contributed by atoms with Gasteiger partial charge in [0.05, 0.1) is 0 Å². The molecule has 0 aliphatic rings. The summed E-state index contributed by atoms with van der Waals surface area (Å²) < 4.78 is 13.4. The number of hydrogen-bond acceptors (Lipinski definition) is 2. The van der Waals surface area contributed by atoms with Crippen LogP contribution in [0.25, 0.3) is 0 Å². The van der Waals surface area contributed by atoms with Gasteiger partial charge in [-0.2, -0.15) is 0 Å². The number of amides is 1. The largest absolute Gasteiger partial charge is 0.378 e. The van der Waals surface area contributed by atoms with Crippen molar-refractivity contribution in [2.75, 3.05) is 19.0 Å². The van der Waals surface area contributed by atoms with Gasteiger partial charge in [-0.1, -0.05) is 30.3 Å². The Labute approximate surface area is 130 Å². The van der Waals surface area contributed by atoms with Crippen LogP contribution < -0.4 is 10.2 Å². The number of carbonyl (C=O) groups excluding carboxylic acids is 1. The Morgan fingerprint density at radius 2 is 1.77 bits per heavy atom. The Morgan fingerprint density at radius 1 is 1.09 bits per heavy atom. The molecule has 0 saturated carbocycles. The van der Waals surface area contributed by atoms with Crippen molar-refractivity contribution in [1.82, 2.24) is 5.32 Å². The zero-order chi connectivity index (χ0) is 15.9. The lowest BCUT2D eigenvalue weighted by atomic mass is 10.1. The zero-order valence-electron chi connectivity index (χ0n) is 13.0. The maximum Gasteiger partial charge on any atom is 0.220 e. The third-order valence-electron chi connectivity index (χ3n) is 3.53. The van der Waals surface area contributed by atoms with E-state index in [1.165, 1.54) is 6.07 Å². The minimum absolute atomic E-state index is 0.0695. The molecule has 0 aliphatic heterocycles. The molecular weight excluding hydrogens is 279 g/mol. The average Bonchev–Trinajstić information content (AvgIpc) is 2.52. The summed E-state index contributed by atoms with van der Waals surface area (Å²) in [6, 6.07) is 14.6. The first-order chi connectivity index (χ1) is 10.6. The molecule has 0 heterocycles. The number of nitrogens with zero attached hydrogens (tertiary/aromatic N) is 1. The predicted molar refractivity (Wildman–Crippen MR) is 87.3 cm³/mol. The van der Waals surface area contributed by atoms with Gasteiger partial charge in [0.2, 0.25) is 5.91 Å². The summed E-state index contributed by atoms with van der Waals surface area (Å²) in [6.45, 7) is 0.227. The number of anilines is 1. The van der Waals surface area contributed by atoms with Crippen LogP contribution >= 0.6 is 0 Å². The summed E-state index contributed by atoms with van der Waals surface area (Å²) in [5.41, 5.74) is 2.76. The highest BCUT2D eigenvalue weighted by atomic mass is 19.1. The van der Waals surface area contributed by atoms with E-state index in [0.717, 1.165) is 11.3 Å². The number of rotatable bonds is 6. The minimum atomic E-state index is -0.290.